The number of ether oxygens (including phenoxy) is 1. The molecule has 1 N–H and O–H groups in total. The van der Waals surface area contributed by atoms with E-state index in [1.807, 2.05) is 0 Å². The lowest BCUT2D eigenvalue weighted by atomic mass is 10.1. The van der Waals surface area contributed by atoms with Crippen LogP contribution in [0, 0.1) is 11.8 Å². The van der Waals surface area contributed by atoms with Gasteiger partial charge in [-0.2, -0.15) is 0 Å². The molecule has 0 aromatic heterocycles. The molecule has 0 aromatic rings. The molecule has 2 aliphatic rings. The van der Waals surface area contributed by atoms with Gasteiger partial charge in [-0.1, -0.05) is 12.7 Å². The maximum absolute atomic E-state index is 11.7. The van der Waals surface area contributed by atoms with Crippen molar-refractivity contribution >= 4 is 12.1 Å². The highest BCUT2D eigenvalue weighted by Gasteiger charge is 2.51. The van der Waals surface area contributed by atoms with Gasteiger partial charge in [0, 0.05) is 12.6 Å². The van der Waals surface area contributed by atoms with Crippen LogP contribution in [0.2, 0.25) is 0 Å². The van der Waals surface area contributed by atoms with E-state index in [1.54, 1.807) is 4.90 Å². The van der Waals surface area contributed by atoms with Crippen LogP contribution in [0.25, 0.3) is 0 Å². The fourth-order valence-electron chi connectivity index (χ4n) is 2.60. The van der Waals surface area contributed by atoms with E-state index in [9.17, 15) is 9.59 Å². The van der Waals surface area contributed by atoms with E-state index in [2.05, 4.69) is 6.58 Å². The van der Waals surface area contributed by atoms with Crippen LogP contribution in [-0.4, -0.2) is 41.3 Å². The molecule has 1 unspecified atom stereocenters. The molecule has 5 nitrogen and oxygen atoms in total. The van der Waals surface area contributed by atoms with Gasteiger partial charge in [-0.25, -0.2) is 4.79 Å². The second-order valence-electron chi connectivity index (χ2n) is 4.61. The van der Waals surface area contributed by atoms with Crippen LogP contribution < -0.4 is 0 Å². The Bertz CT molecular complexity index is 341. The number of hydrogen-bond donors (Lipinski definition) is 1. The first-order valence-electron chi connectivity index (χ1n) is 5.92. The molecule has 94 valence electrons. The number of rotatable bonds is 4. The van der Waals surface area contributed by atoms with Crippen molar-refractivity contribution in [1.82, 2.24) is 4.90 Å². The van der Waals surface area contributed by atoms with E-state index in [0.717, 1.165) is 12.8 Å². The van der Waals surface area contributed by atoms with Crippen LogP contribution in [0.4, 0.5) is 4.79 Å². The minimum atomic E-state index is -0.749. The van der Waals surface area contributed by atoms with Gasteiger partial charge in [0.05, 0.1) is 5.92 Å². The van der Waals surface area contributed by atoms with Gasteiger partial charge in [-0.05, 0) is 25.2 Å². The molecule has 1 aliphatic heterocycles. The summed E-state index contributed by atoms with van der Waals surface area (Å²) in [5.74, 6) is -0.902. The number of amides is 1. The molecule has 3 atom stereocenters. The molecule has 1 saturated carbocycles. The Morgan fingerprint density at radius 1 is 1.53 bits per heavy atom. The number of carboxylic acid groups (broad SMARTS) is 1. The molecular weight excluding hydrogens is 222 g/mol. The molecule has 0 bridgehead atoms. The van der Waals surface area contributed by atoms with Crippen LogP contribution >= 0.6 is 0 Å². The first-order chi connectivity index (χ1) is 8.15. The fraction of sp³-hybridized carbons (Fsp3) is 0.667. The molecule has 0 spiro atoms. The minimum absolute atomic E-state index is 0.0495. The maximum atomic E-state index is 11.7. The van der Waals surface area contributed by atoms with Crippen LogP contribution in [0.5, 0.6) is 0 Å². The van der Waals surface area contributed by atoms with Crippen molar-refractivity contribution in [2.24, 2.45) is 11.8 Å². The zero-order valence-electron chi connectivity index (χ0n) is 9.67. The van der Waals surface area contributed by atoms with Crippen molar-refractivity contribution in [3.8, 4) is 0 Å². The van der Waals surface area contributed by atoms with Crippen molar-refractivity contribution in [2.75, 3.05) is 13.2 Å². The molecule has 1 aliphatic carbocycles. The predicted octanol–water partition coefficient (Wildman–Crippen LogP) is 1.49. The highest BCUT2D eigenvalue weighted by atomic mass is 16.6. The molecular formula is C12H17NO4. The molecule has 0 radical (unpaired) electrons. The van der Waals surface area contributed by atoms with E-state index in [1.165, 1.54) is 6.08 Å². The largest absolute Gasteiger partial charge is 0.481 e. The summed E-state index contributed by atoms with van der Waals surface area (Å²) in [6, 6.07) is 0.0495. The topological polar surface area (TPSA) is 66.8 Å². The molecule has 2 rings (SSSR count). The van der Waals surface area contributed by atoms with Gasteiger partial charge < -0.3 is 14.7 Å². The average molecular weight is 239 g/mol. The molecule has 5 heteroatoms. The predicted molar refractivity (Wildman–Crippen MR) is 60.5 cm³/mol. The maximum Gasteiger partial charge on any atom is 0.410 e. The Kier molecular flexibility index (Phi) is 3.36. The Morgan fingerprint density at radius 2 is 2.29 bits per heavy atom. The van der Waals surface area contributed by atoms with Crippen LogP contribution in [-0.2, 0) is 9.53 Å². The third kappa shape index (κ3) is 2.43. The van der Waals surface area contributed by atoms with Crippen molar-refractivity contribution in [1.29, 1.82) is 0 Å². The van der Waals surface area contributed by atoms with Crippen molar-refractivity contribution in [2.45, 2.75) is 25.3 Å². The summed E-state index contributed by atoms with van der Waals surface area (Å²) in [7, 11) is 0. The van der Waals surface area contributed by atoms with Gasteiger partial charge >= 0.3 is 12.1 Å². The molecule has 1 saturated heterocycles. The average Bonchev–Trinajstić information content (AvgIpc) is 2.96. The van der Waals surface area contributed by atoms with Crippen molar-refractivity contribution in [3.63, 3.8) is 0 Å². The zero-order valence-corrected chi connectivity index (χ0v) is 9.67. The second kappa shape index (κ2) is 4.77. The van der Waals surface area contributed by atoms with Gasteiger partial charge in [0.25, 0.3) is 0 Å². The standard InChI is InChI=1S/C12H17NO4/c1-2-6-17-12(16)13-5-3-4-10(13)8-7-9(8)11(14)15/h2,8-10H,1,3-7H2,(H,14,15)/t8-,9-,10?/m1/s1. The Balaban J connectivity index is 1.92. The van der Waals surface area contributed by atoms with Gasteiger partial charge in [0.15, 0.2) is 0 Å². The summed E-state index contributed by atoms with van der Waals surface area (Å²) in [6.45, 7) is 4.36. The van der Waals surface area contributed by atoms with E-state index < -0.39 is 5.97 Å². The summed E-state index contributed by atoms with van der Waals surface area (Å²) in [4.78, 5) is 24.2. The summed E-state index contributed by atoms with van der Waals surface area (Å²) >= 11 is 0. The lowest BCUT2D eigenvalue weighted by Crippen LogP contribution is -2.38. The lowest BCUT2D eigenvalue weighted by Gasteiger charge is -2.23. The van der Waals surface area contributed by atoms with Gasteiger partial charge in [-0.15, -0.1) is 0 Å². The van der Waals surface area contributed by atoms with Crippen LogP contribution in [0.3, 0.4) is 0 Å². The number of carbonyl (C=O) groups excluding carboxylic acids is 1. The number of aliphatic carboxylic acids is 1. The van der Waals surface area contributed by atoms with Gasteiger partial charge in [0.1, 0.15) is 6.61 Å². The Hall–Kier alpha value is -1.52. The number of nitrogens with zero attached hydrogens (tertiary/aromatic N) is 1. The highest BCUT2D eigenvalue weighted by Crippen LogP contribution is 2.46. The molecule has 2 fully saturated rings. The third-order valence-electron chi connectivity index (χ3n) is 3.51. The second-order valence-corrected chi connectivity index (χ2v) is 4.61. The van der Waals surface area contributed by atoms with E-state index >= 15 is 0 Å². The van der Waals surface area contributed by atoms with E-state index in [4.69, 9.17) is 9.84 Å². The molecule has 1 heterocycles. The number of carbonyl (C=O) groups is 2. The SMILES string of the molecule is C=CCOC(=O)N1CCCC1[C@@H]1C[C@H]1C(=O)O. The quantitative estimate of drug-likeness (QED) is 0.755. The first kappa shape index (κ1) is 12.0. The Labute approximate surface area is 100 Å². The van der Waals surface area contributed by atoms with Crippen molar-refractivity contribution in [3.05, 3.63) is 12.7 Å². The summed E-state index contributed by atoms with van der Waals surface area (Å²) < 4.78 is 5.00. The van der Waals surface area contributed by atoms with E-state index in [0.29, 0.717) is 13.0 Å². The van der Waals surface area contributed by atoms with Crippen molar-refractivity contribution < 1.29 is 19.4 Å². The van der Waals surface area contributed by atoms with Gasteiger partial charge in [-0.3, -0.25) is 4.79 Å². The highest BCUT2D eigenvalue weighted by molar-refractivity contribution is 5.74. The molecule has 1 amide bonds. The number of carboxylic acids is 1. The fourth-order valence-corrected chi connectivity index (χ4v) is 2.60. The molecule has 17 heavy (non-hydrogen) atoms. The smallest absolute Gasteiger partial charge is 0.410 e. The first-order valence-corrected chi connectivity index (χ1v) is 5.92. The molecule has 0 aromatic carbocycles. The van der Waals surface area contributed by atoms with Crippen LogP contribution in [0.1, 0.15) is 19.3 Å². The number of likely N-dealkylation sites (tertiary alicyclic amines) is 1. The monoisotopic (exact) mass is 239 g/mol. The lowest BCUT2D eigenvalue weighted by molar-refractivity contribution is -0.139. The van der Waals surface area contributed by atoms with Crippen LogP contribution in [0.15, 0.2) is 12.7 Å². The summed E-state index contributed by atoms with van der Waals surface area (Å²) in [6.07, 6.45) is 3.68. The normalized spacial score (nSPS) is 31.1. The zero-order chi connectivity index (χ0) is 12.4. The van der Waals surface area contributed by atoms with E-state index in [-0.39, 0.29) is 30.6 Å². The summed E-state index contributed by atoms with van der Waals surface area (Å²) in [5.41, 5.74) is 0. The Morgan fingerprint density at radius 3 is 2.88 bits per heavy atom. The minimum Gasteiger partial charge on any atom is -0.481 e. The summed E-state index contributed by atoms with van der Waals surface area (Å²) in [5, 5.41) is 8.90. The number of hydrogen-bond acceptors (Lipinski definition) is 3. The van der Waals surface area contributed by atoms with Gasteiger partial charge in [0.2, 0.25) is 0 Å². The third-order valence-corrected chi connectivity index (χ3v) is 3.51.